The van der Waals surface area contributed by atoms with Crippen LogP contribution in [0.2, 0.25) is 0 Å². The summed E-state index contributed by atoms with van der Waals surface area (Å²) in [5, 5.41) is 5.88. The SMILES string of the molecule is Cc1ccc2c(=O)c(C(=O)Nc3ccccc3)cn(CC(=O)NCc3ccccc3)c2n1. The Labute approximate surface area is 184 Å². The number of carbonyl (C=O) groups excluding carboxylic acids is 2. The molecule has 2 aromatic carbocycles. The zero-order valence-electron chi connectivity index (χ0n) is 17.5. The first-order chi connectivity index (χ1) is 15.5. The molecule has 0 spiro atoms. The Morgan fingerprint density at radius 2 is 1.62 bits per heavy atom. The first-order valence-electron chi connectivity index (χ1n) is 10.2. The van der Waals surface area contributed by atoms with Crippen LogP contribution in [0.3, 0.4) is 0 Å². The van der Waals surface area contributed by atoms with E-state index in [0.29, 0.717) is 23.6 Å². The summed E-state index contributed by atoms with van der Waals surface area (Å²) in [6.07, 6.45) is 1.40. The summed E-state index contributed by atoms with van der Waals surface area (Å²) in [6.45, 7) is 2.11. The molecule has 0 unspecified atom stereocenters. The van der Waals surface area contributed by atoms with Gasteiger partial charge in [-0.15, -0.1) is 0 Å². The predicted molar refractivity (Wildman–Crippen MR) is 123 cm³/mol. The molecule has 0 aliphatic carbocycles. The van der Waals surface area contributed by atoms with Crippen molar-refractivity contribution in [1.82, 2.24) is 14.9 Å². The number of nitrogens with zero attached hydrogens (tertiary/aromatic N) is 2. The molecule has 0 radical (unpaired) electrons. The van der Waals surface area contributed by atoms with E-state index in [1.807, 2.05) is 36.4 Å². The van der Waals surface area contributed by atoms with Crippen LogP contribution in [0, 0.1) is 6.92 Å². The molecule has 32 heavy (non-hydrogen) atoms. The van der Waals surface area contributed by atoms with E-state index in [0.717, 1.165) is 5.56 Å². The van der Waals surface area contributed by atoms with E-state index in [9.17, 15) is 14.4 Å². The molecule has 0 atom stereocenters. The molecule has 7 heteroatoms. The van der Waals surface area contributed by atoms with Gasteiger partial charge in [0.25, 0.3) is 5.91 Å². The lowest BCUT2D eigenvalue weighted by atomic mass is 10.1. The third kappa shape index (κ3) is 4.73. The molecule has 2 aromatic heterocycles. The fraction of sp³-hybridized carbons (Fsp3) is 0.120. The normalized spacial score (nSPS) is 10.7. The zero-order valence-corrected chi connectivity index (χ0v) is 17.5. The Kier molecular flexibility index (Phi) is 6.07. The van der Waals surface area contributed by atoms with Gasteiger partial charge in [0.15, 0.2) is 0 Å². The van der Waals surface area contributed by atoms with Crippen molar-refractivity contribution in [2.45, 2.75) is 20.0 Å². The van der Waals surface area contributed by atoms with Crippen LogP contribution in [0.5, 0.6) is 0 Å². The third-order valence-electron chi connectivity index (χ3n) is 4.98. The molecular weight excluding hydrogens is 404 g/mol. The Hall–Kier alpha value is -4.26. The first-order valence-corrected chi connectivity index (χ1v) is 10.2. The van der Waals surface area contributed by atoms with Crippen LogP contribution >= 0.6 is 0 Å². The number of amides is 2. The average Bonchev–Trinajstić information content (AvgIpc) is 2.80. The van der Waals surface area contributed by atoms with Gasteiger partial charge < -0.3 is 15.2 Å². The number of anilines is 1. The summed E-state index contributed by atoms with van der Waals surface area (Å²) >= 11 is 0. The van der Waals surface area contributed by atoms with Gasteiger partial charge in [0.1, 0.15) is 17.8 Å². The number of para-hydroxylation sites is 1. The molecule has 4 rings (SSSR count). The van der Waals surface area contributed by atoms with Crippen molar-refractivity contribution < 1.29 is 9.59 Å². The van der Waals surface area contributed by atoms with Gasteiger partial charge in [-0.3, -0.25) is 14.4 Å². The van der Waals surface area contributed by atoms with E-state index in [1.165, 1.54) is 6.20 Å². The molecule has 0 bridgehead atoms. The molecule has 0 aliphatic rings. The smallest absolute Gasteiger partial charge is 0.261 e. The second-order valence-electron chi connectivity index (χ2n) is 7.41. The first kappa shape index (κ1) is 21.0. The lowest BCUT2D eigenvalue weighted by Crippen LogP contribution is -2.30. The fourth-order valence-electron chi connectivity index (χ4n) is 3.37. The topological polar surface area (TPSA) is 93.1 Å². The van der Waals surface area contributed by atoms with Crippen molar-refractivity contribution in [2.24, 2.45) is 0 Å². The monoisotopic (exact) mass is 426 g/mol. The Morgan fingerprint density at radius 1 is 0.938 bits per heavy atom. The van der Waals surface area contributed by atoms with Gasteiger partial charge in [0, 0.05) is 24.1 Å². The van der Waals surface area contributed by atoms with E-state index < -0.39 is 11.3 Å². The quantitative estimate of drug-likeness (QED) is 0.495. The highest BCUT2D eigenvalue weighted by Gasteiger charge is 2.18. The minimum absolute atomic E-state index is 0.0529. The van der Waals surface area contributed by atoms with Gasteiger partial charge in [-0.1, -0.05) is 48.5 Å². The van der Waals surface area contributed by atoms with Crippen molar-refractivity contribution in [3.05, 3.63) is 106 Å². The van der Waals surface area contributed by atoms with Crippen molar-refractivity contribution in [3.8, 4) is 0 Å². The van der Waals surface area contributed by atoms with Crippen molar-refractivity contribution in [1.29, 1.82) is 0 Å². The summed E-state index contributed by atoms with van der Waals surface area (Å²) < 4.78 is 1.55. The second kappa shape index (κ2) is 9.26. The predicted octanol–water partition coefficient (Wildman–Crippen LogP) is 3.27. The summed E-state index contributed by atoms with van der Waals surface area (Å²) in [7, 11) is 0. The number of aromatic nitrogens is 2. The lowest BCUT2D eigenvalue weighted by Gasteiger charge is -2.13. The Balaban J connectivity index is 1.65. The van der Waals surface area contributed by atoms with Crippen LogP contribution in [-0.4, -0.2) is 21.4 Å². The van der Waals surface area contributed by atoms with Crippen molar-refractivity contribution in [2.75, 3.05) is 5.32 Å². The highest BCUT2D eigenvalue weighted by atomic mass is 16.2. The fourth-order valence-corrected chi connectivity index (χ4v) is 3.37. The summed E-state index contributed by atoms with van der Waals surface area (Å²) in [4.78, 5) is 42.9. The summed E-state index contributed by atoms with van der Waals surface area (Å²) in [5.41, 5.74) is 2.14. The van der Waals surface area contributed by atoms with Crippen LogP contribution in [0.15, 0.2) is 83.8 Å². The van der Waals surface area contributed by atoms with Gasteiger partial charge in [0.05, 0.1) is 5.39 Å². The van der Waals surface area contributed by atoms with Gasteiger partial charge in [-0.05, 0) is 36.8 Å². The van der Waals surface area contributed by atoms with E-state index in [-0.39, 0.29) is 23.4 Å². The molecule has 0 saturated heterocycles. The maximum atomic E-state index is 13.0. The number of pyridine rings is 2. The standard InChI is InChI=1S/C25H22N4O3/c1-17-12-13-20-23(31)21(25(32)28-19-10-6-3-7-11-19)15-29(24(20)27-17)16-22(30)26-14-18-8-4-2-5-9-18/h2-13,15H,14,16H2,1H3,(H,26,30)(H,28,32). The second-order valence-corrected chi connectivity index (χ2v) is 7.41. The Morgan fingerprint density at radius 3 is 2.34 bits per heavy atom. The third-order valence-corrected chi connectivity index (χ3v) is 4.98. The van der Waals surface area contributed by atoms with Crippen LogP contribution in [0.1, 0.15) is 21.6 Å². The largest absolute Gasteiger partial charge is 0.350 e. The Bertz CT molecular complexity index is 1330. The average molecular weight is 426 g/mol. The number of hydrogen-bond donors (Lipinski definition) is 2. The maximum absolute atomic E-state index is 13.0. The molecule has 2 N–H and O–H groups in total. The minimum Gasteiger partial charge on any atom is -0.350 e. The molecule has 0 saturated carbocycles. The van der Waals surface area contributed by atoms with Crippen LogP contribution in [-0.2, 0) is 17.9 Å². The lowest BCUT2D eigenvalue weighted by molar-refractivity contribution is -0.121. The number of fused-ring (bicyclic) bond motifs is 1. The summed E-state index contributed by atoms with van der Waals surface area (Å²) in [5.74, 6) is -0.793. The number of nitrogens with one attached hydrogen (secondary N) is 2. The van der Waals surface area contributed by atoms with Crippen LogP contribution < -0.4 is 16.1 Å². The van der Waals surface area contributed by atoms with Crippen LogP contribution in [0.4, 0.5) is 5.69 Å². The number of carbonyl (C=O) groups is 2. The van der Waals surface area contributed by atoms with Crippen molar-refractivity contribution in [3.63, 3.8) is 0 Å². The molecule has 0 fully saturated rings. The van der Waals surface area contributed by atoms with E-state index in [4.69, 9.17) is 0 Å². The van der Waals surface area contributed by atoms with Crippen LogP contribution in [0.25, 0.3) is 11.0 Å². The number of aryl methyl sites for hydroxylation is 1. The molecule has 4 aromatic rings. The van der Waals surface area contributed by atoms with Crippen molar-refractivity contribution >= 4 is 28.5 Å². The minimum atomic E-state index is -0.540. The van der Waals surface area contributed by atoms with E-state index in [1.54, 1.807) is 47.9 Å². The number of hydrogen-bond acceptors (Lipinski definition) is 4. The molecule has 160 valence electrons. The number of rotatable bonds is 6. The highest BCUT2D eigenvalue weighted by molar-refractivity contribution is 6.05. The highest BCUT2D eigenvalue weighted by Crippen LogP contribution is 2.13. The molecule has 0 aliphatic heterocycles. The molecule has 2 heterocycles. The van der Waals surface area contributed by atoms with Gasteiger partial charge in [-0.2, -0.15) is 0 Å². The molecule has 2 amide bonds. The van der Waals surface area contributed by atoms with Gasteiger partial charge in [0.2, 0.25) is 11.3 Å². The maximum Gasteiger partial charge on any atom is 0.261 e. The van der Waals surface area contributed by atoms with E-state index in [2.05, 4.69) is 15.6 Å². The zero-order chi connectivity index (χ0) is 22.5. The molecular formula is C25H22N4O3. The van der Waals surface area contributed by atoms with Gasteiger partial charge in [-0.25, -0.2) is 4.98 Å². The van der Waals surface area contributed by atoms with Gasteiger partial charge >= 0.3 is 0 Å². The molecule has 7 nitrogen and oxygen atoms in total. The van der Waals surface area contributed by atoms with E-state index >= 15 is 0 Å². The summed E-state index contributed by atoms with van der Waals surface area (Å²) in [6, 6.07) is 21.8. The number of benzene rings is 2.